The van der Waals surface area contributed by atoms with Crippen LogP contribution in [0.3, 0.4) is 0 Å². The summed E-state index contributed by atoms with van der Waals surface area (Å²) in [5.41, 5.74) is 1.61. The molecule has 1 aromatic carbocycles. The summed E-state index contributed by atoms with van der Waals surface area (Å²) in [6.07, 6.45) is 5.25. The van der Waals surface area contributed by atoms with Gasteiger partial charge in [0.2, 0.25) is 0 Å². The molecular weight excluding hydrogens is 276 g/mol. The van der Waals surface area contributed by atoms with E-state index in [0.29, 0.717) is 22.7 Å². The molecule has 0 aliphatic heterocycles. The predicted molar refractivity (Wildman–Crippen MR) is 76.7 cm³/mol. The second-order valence-electron chi connectivity index (χ2n) is 4.35. The number of rotatable bonds is 3. The van der Waals surface area contributed by atoms with Crippen LogP contribution in [0.2, 0.25) is 5.02 Å². The average Bonchev–Trinajstić information content (AvgIpc) is 2.49. The average molecular weight is 287 g/mol. The lowest BCUT2D eigenvalue weighted by atomic mass is 10.1. The molecule has 0 aliphatic carbocycles. The smallest absolute Gasteiger partial charge is 0.281 e. The fourth-order valence-electron chi connectivity index (χ4n) is 1.95. The van der Waals surface area contributed by atoms with Crippen molar-refractivity contribution in [3.63, 3.8) is 0 Å². The van der Waals surface area contributed by atoms with Crippen molar-refractivity contribution in [2.45, 2.75) is 13.0 Å². The van der Waals surface area contributed by atoms with Gasteiger partial charge < -0.3 is 0 Å². The molecule has 0 fully saturated rings. The number of aromatic nitrogens is 4. The van der Waals surface area contributed by atoms with E-state index in [0.717, 1.165) is 12.0 Å². The van der Waals surface area contributed by atoms with Crippen LogP contribution in [-0.4, -0.2) is 19.5 Å². The molecule has 2 aromatic heterocycles. The zero-order chi connectivity index (χ0) is 13.9. The predicted octanol–water partition coefficient (Wildman–Crippen LogP) is 2.08. The minimum atomic E-state index is -0.169. The lowest BCUT2D eigenvalue weighted by molar-refractivity contribution is 0.660. The van der Waals surface area contributed by atoms with E-state index in [1.54, 1.807) is 4.57 Å². The summed E-state index contributed by atoms with van der Waals surface area (Å²) in [6, 6.07) is 7.57. The minimum Gasteiger partial charge on any atom is -0.297 e. The Morgan fingerprint density at radius 2 is 1.80 bits per heavy atom. The Bertz CT molecular complexity index is 798. The summed E-state index contributed by atoms with van der Waals surface area (Å²) < 4.78 is 1.55. The summed E-state index contributed by atoms with van der Waals surface area (Å²) in [6.45, 7) is 0.542. The molecule has 0 bridgehead atoms. The van der Waals surface area contributed by atoms with Crippen LogP contribution in [0.5, 0.6) is 0 Å². The highest BCUT2D eigenvalue weighted by molar-refractivity contribution is 6.30. The second-order valence-corrected chi connectivity index (χ2v) is 4.78. The maximum Gasteiger partial charge on any atom is 0.281 e. The van der Waals surface area contributed by atoms with Gasteiger partial charge in [0.05, 0.1) is 0 Å². The Hall–Kier alpha value is -2.27. The monoisotopic (exact) mass is 286 g/mol. The molecule has 0 saturated carbocycles. The number of fused-ring (bicyclic) bond motifs is 1. The van der Waals surface area contributed by atoms with Crippen molar-refractivity contribution >= 4 is 22.8 Å². The van der Waals surface area contributed by atoms with Gasteiger partial charge in [0, 0.05) is 24.0 Å². The van der Waals surface area contributed by atoms with Crippen LogP contribution in [0.15, 0.2) is 47.8 Å². The maximum atomic E-state index is 12.2. The molecule has 0 radical (unpaired) electrons. The van der Waals surface area contributed by atoms with Crippen molar-refractivity contribution in [2.24, 2.45) is 0 Å². The summed E-state index contributed by atoms with van der Waals surface area (Å²) in [4.78, 5) is 24.4. The number of hydrogen-bond donors (Lipinski definition) is 0. The van der Waals surface area contributed by atoms with Crippen LogP contribution in [0, 0.1) is 0 Å². The molecule has 0 aliphatic rings. The van der Waals surface area contributed by atoms with E-state index in [1.807, 2.05) is 24.3 Å². The third-order valence-electron chi connectivity index (χ3n) is 3.02. The summed E-state index contributed by atoms with van der Waals surface area (Å²) >= 11 is 5.84. The standard InChI is InChI=1S/C14H11ClN4O/c15-11-3-1-10(2-4-11)5-8-19-9-18-13-12(14(19)20)16-6-7-17-13/h1-4,6-7,9H,5,8H2. The number of hydrogen-bond acceptors (Lipinski definition) is 4. The molecule has 100 valence electrons. The van der Waals surface area contributed by atoms with Crippen LogP contribution >= 0.6 is 11.6 Å². The number of benzene rings is 1. The van der Waals surface area contributed by atoms with Crippen LogP contribution < -0.4 is 5.56 Å². The number of nitrogens with zero attached hydrogens (tertiary/aromatic N) is 4. The van der Waals surface area contributed by atoms with Gasteiger partial charge in [0.1, 0.15) is 6.33 Å². The Kier molecular flexibility index (Phi) is 3.43. The highest BCUT2D eigenvalue weighted by atomic mass is 35.5. The quantitative estimate of drug-likeness (QED) is 0.740. The van der Waals surface area contributed by atoms with Gasteiger partial charge in [-0.3, -0.25) is 9.36 Å². The molecule has 0 spiro atoms. The van der Waals surface area contributed by atoms with E-state index in [1.165, 1.54) is 18.7 Å². The molecule has 6 heteroatoms. The first kappa shape index (κ1) is 12.7. The van der Waals surface area contributed by atoms with Crippen molar-refractivity contribution in [2.75, 3.05) is 0 Å². The Morgan fingerprint density at radius 3 is 2.60 bits per heavy atom. The van der Waals surface area contributed by atoms with Gasteiger partial charge in [-0.25, -0.2) is 15.0 Å². The largest absolute Gasteiger partial charge is 0.297 e. The third-order valence-corrected chi connectivity index (χ3v) is 3.27. The van der Waals surface area contributed by atoms with Crippen LogP contribution in [0.1, 0.15) is 5.56 Å². The van der Waals surface area contributed by atoms with Gasteiger partial charge >= 0.3 is 0 Å². The van der Waals surface area contributed by atoms with Gasteiger partial charge in [-0.05, 0) is 24.1 Å². The molecule has 20 heavy (non-hydrogen) atoms. The van der Waals surface area contributed by atoms with Gasteiger partial charge in [-0.1, -0.05) is 23.7 Å². The fraction of sp³-hybridized carbons (Fsp3) is 0.143. The molecule has 5 nitrogen and oxygen atoms in total. The fourth-order valence-corrected chi connectivity index (χ4v) is 2.07. The second kappa shape index (κ2) is 5.38. The van der Waals surface area contributed by atoms with Gasteiger partial charge in [0.15, 0.2) is 11.2 Å². The molecule has 0 saturated heterocycles. The lowest BCUT2D eigenvalue weighted by Gasteiger charge is -2.06. The molecule has 0 unspecified atom stereocenters. The summed E-state index contributed by atoms with van der Waals surface area (Å²) in [5.74, 6) is 0. The van der Waals surface area contributed by atoms with Crippen LogP contribution in [0.25, 0.3) is 11.2 Å². The number of halogens is 1. The summed E-state index contributed by atoms with van der Waals surface area (Å²) in [7, 11) is 0. The first-order valence-corrected chi connectivity index (χ1v) is 6.52. The molecule has 0 N–H and O–H groups in total. The lowest BCUT2D eigenvalue weighted by Crippen LogP contribution is -2.22. The highest BCUT2D eigenvalue weighted by Crippen LogP contribution is 2.10. The van der Waals surface area contributed by atoms with E-state index < -0.39 is 0 Å². The van der Waals surface area contributed by atoms with Crippen LogP contribution in [-0.2, 0) is 13.0 Å². The molecule has 0 amide bonds. The highest BCUT2D eigenvalue weighted by Gasteiger charge is 2.05. The van der Waals surface area contributed by atoms with Crippen molar-refractivity contribution in [3.8, 4) is 0 Å². The van der Waals surface area contributed by atoms with Crippen molar-refractivity contribution in [1.29, 1.82) is 0 Å². The first-order valence-electron chi connectivity index (χ1n) is 6.14. The Labute approximate surface area is 119 Å². The molecule has 2 heterocycles. The first-order chi connectivity index (χ1) is 9.74. The van der Waals surface area contributed by atoms with Crippen molar-refractivity contribution < 1.29 is 0 Å². The van der Waals surface area contributed by atoms with E-state index in [-0.39, 0.29) is 5.56 Å². The number of aryl methyl sites for hydroxylation is 2. The van der Waals surface area contributed by atoms with Crippen molar-refractivity contribution in [1.82, 2.24) is 19.5 Å². The maximum absolute atomic E-state index is 12.2. The van der Waals surface area contributed by atoms with Crippen LogP contribution in [0.4, 0.5) is 0 Å². The Morgan fingerprint density at radius 1 is 1.05 bits per heavy atom. The van der Waals surface area contributed by atoms with E-state index in [4.69, 9.17) is 11.6 Å². The normalized spacial score (nSPS) is 10.8. The van der Waals surface area contributed by atoms with E-state index in [9.17, 15) is 4.79 Å². The third kappa shape index (κ3) is 2.53. The zero-order valence-corrected chi connectivity index (χ0v) is 11.3. The molecule has 0 atom stereocenters. The van der Waals surface area contributed by atoms with E-state index >= 15 is 0 Å². The van der Waals surface area contributed by atoms with Gasteiger partial charge in [-0.15, -0.1) is 0 Å². The van der Waals surface area contributed by atoms with Crippen molar-refractivity contribution in [3.05, 3.63) is 63.9 Å². The topological polar surface area (TPSA) is 60.7 Å². The molecular formula is C14H11ClN4O. The minimum absolute atomic E-state index is 0.169. The van der Waals surface area contributed by atoms with Gasteiger partial charge in [-0.2, -0.15) is 0 Å². The van der Waals surface area contributed by atoms with E-state index in [2.05, 4.69) is 15.0 Å². The Balaban J connectivity index is 1.86. The SMILES string of the molecule is O=c1c2nccnc2ncn1CCc1ccc(Cl)cc1. The molecule has 3 aromatic rings. The summed E-state index contributed by atoms with van der Waals surface area (Å²) in [5, 5.41) is 0.702. The zero-order valence-electron chi connectivity index (χ0n) is 10.5. The molecule has 3 rings (SSSR count). The van der Waals surface area contributed by atoms with Gasteiger partial charge in [0.25, 0.3) is 5.56 Å².